The number of amides is 3. The lowest BCUT2D eigenvalue weighted by Crippen LogP contribution is -2.51. The molecule has 8 nitrogen and oxygen atoms in total. The molecule has 31 heavy (non-hydrogen) atoms. The van der Waals surface area contributed by atoms with Crippen LogP contribution in [0, 0.1) is 17.7 Å². The van der Waals surface area contributed by atoms with Gasteiger partial charge in [-0.25, -0.2) is 4.39 Å². The largest absolute Gasteiger partial charge is 0.356 e. The van der Waals surface area contributed by atoms with Gasteiger partial charge >= 0.3 is 0 Å². The van der Waals surface area contributed by atoms with Crippen LogP contribution in [0.15, 0.2) is 24.3 Å². The van der Waals surface area contributed by atoms with Crippen LogP contribution in [0.2, 0.25) is 0 Å². The summed E-state index contributed by atoms with van der Waals surface area (Å²) in [5.74, 6) is -1.86. The van der Waals surface area contributed by atoms with E-state index >= 15 is 0 Å². The first kappa shape index (κ1) is 22.5. The molecule has 3 atom stereocenters. The average molecular weight is 430 g/mol. The summed E-state index contributed by atoms with van der Waals surface area (Å²) in [6, 6.07) is 4.18. The molecule has 9 heteroatoms. The van der Waals surface area contributed by atoms with Crippen LogP contribution in [0.25, 0.3) is 10.9 Å². The first-order chi connectivity index (χ1) is 14.8. The predicted molar refractivity (Wildman–Crippen MR) is 113 cm³/mol. The van der Waals surface area contributed by atoms with E-state index in [9.17, 15) is 23.6 Å². The van der Waals surface area contributed by atoms with Gasteiger partial charge in [0.2, 0.25) is 11.8 Å². The average Bonchev–Trinajstić information content (AvgIpc) is 3.33. The van der Waals surface area contributed by atoms with E-state index in [4.69, 9.17) is 0 Å². The lowest BCUT2D eigenvalue weighted by molar-refractivity contribution is -0.127. The molecule has 3 amide bonds. The third-order valence-electron chi connectivity index (χ3n) is 5.38. The fourth-order valence-electron chi connectivity index (χ4n) is 3.79. The molecule has 166 valence electrons. The number of aldehydes is 1. The van der Waals surface area contributed by atoms with Crippen LogP contribution < -0.4 is 16.0 Å². The summed E-state index contributed by atoms with van der Waals surface area (Å²) in [5, 5.41) is 8.31. The fourth-order valence-corrected chi connectivity index (χ4v) is 3.79. The monoisotopic (exact) mass is 430 g/mol. The molecule has 1 aliphatic heterocycles. The summed E-state index contributed by atoms with van der Waals surface area (Å²) in [6.07, 6.45) is 1.78. The highest BCUT2D eigenvalue weighted by atomic mass is 19.1. The smallest absolute Gasteiger partial charge is 0.268 e. The zero-order valence-electron chi connectivity index (χ0n) is 17.5. The Kier molecular flexibility index (Phi) is 7.04. The van der Waals surface area contributed by atoms with Crippen LogP contribution in [0.4, 0.5) is 4.39 Å². The summed E-state index contributed by atoms with van der Waals surface area (Å²) >= 11 is 0. The van der Waals surface area contributed by atoms with Gasteiger partial charge in [0.1, 0.15) is 23.8 Å². The first-order valence-electron chi connectivity index (χ1n) is 10.4. The van der Waals surface area contributed by atoms with Gasteiger partial charge in [0, 0.05) is 23.4 Å². The van der Waals surface area contributed by atoms with Crippen LogP contribution in [-0.2, 0) is 14.4 Å². The number of aromatic amines is 1. The zero-order chi connectivity index (χ0) is 22.5. The van der Waals surface area contributed by atoms with Gasteiger partial charge < -0.3 is 25.7 Å². The second-order valence-corrected chi connectivity index (χ2v) is 8.30. The molecule has 1 aliphatic rings. The summed E-state index contributed by atoms with van der Waals surface area (Å²) in [5.41, 5.74) is 0.613. The van der Waals surface area contributed by atoms with E-state index in [-0.39, 0.29) is 35.2 Å². The Hall–Kier alpha value is -3.23. The van der Waals surface area contributed by atoms with Gasteiger partial charge in [-0.2, -0.15) is 0 Å². The number of halogens is 1. The Morgan fingerprint density at radius 2 is 2.06 bits per heavy atom. The van der Waals surface area contributed by atoms with Crippen molar-refractivity contribution in [3.63, 3.8) is 0 Å². The molecule has 0 unspecified atom stereocenters. The van der Waals surface area contributed by atoms with Crippen LogP contribution in [0.5, 0.6) is 0 Å². The molecule has 0 aliphatic carbocycles. The number of hydrogen-bond donors (Lipinski definition) is 4. The van der Waals surface area contributed by atoms with Crippen molar-refractivity contribution in [3.8, 4) is 0 Å². The van der Waals surface area contributed by atoms with Crippen molar-refractivity contribution in [2.45, 2.75) is 45.2 Å². The van der Waals surface area contributed by atoms with Gasteiger partial charge in [0.05, 0.1) is 6.04 Å². The number of carbonyl (C=O) groups is 4. The number of aromatic nitrogens is 1. The molecule has 0 bridgehead atoms. The maximum Gasteiger partial charge on any atom is 0.268 e. The molecule has 0 saturated carbocycles. The lowest BCUT2D eigenvalue weighted by atomic mass is 9.98. The molecule has 1 fully saturated rings. The summed E-state index contributed by atoms with van der Waals surface area (Å²) in [4.78, 5) is 51.7. The van der Waals surface area contributed by atoms with Crippen molar-refractivity contribution in [1.82, 2.24) is 20.9 Å². The summed E-state index contributed by atoms with van der Waals surface area (Å²) < 4.78 is 13.9. The maximum absolute atomic E-state index is 13.9. The van der Waals surface area contributed by atoms with E-state index < -0.39 is 29.7 Å². The third-order valence-corrected chi connectivity index (χ3v) is 5.38. The fraction of sp³-hybridized carbons (Fsp3) is 0.455. The minimum Gasteiger partial charge on any atom is -0.356 e. The minimum absolute atomic E-state index is 0.0894. The Bertz CT molecular complexity index is 987. The lowest BCUT2D eigenvalue weighted by Gasteiger charge is -2.23. The predicted octanol–water partition coefficient (Wildman–Crippen LogP) is 1.66. The van der Waals surface area contributed by atoms with Crippen LogP contribution >= 0.6 is 0 Å². The van der Waals surface area contributed by atoms with E-state index in [1.54, 1.807) is 6.07 Å². The number of fused-ring (bicyclic) bond motifs is 1. The number of carbonyl (C=O) groups excluding carboxylic acids is 4. The van der Waals surface area contributed by atoms with Crippen molar-refractivity contribution in [1.29, 1.82) is 0 Å². The van der Waals surface area contributed by atoms with Gasteiger partial charge in [0.15, 0.2) is 0 Å². The normalized spacial score (nSPS) is 17.9. The molecular formula is C22H27FN4O4. The Morgan fingerprint density at radius 3 is 2.68 bits per heavy atom. The SMILES string of the molecule is CC(C)C[C@H](NC(=O)c1cc2c(F)cccc2[nH]1)C(=O)N[C@H](C=O)C[C@@H]1CCNC1=O. The van der Waals surface area contributed by atoms with E-state index in [1.165, 1.54) is 18.2 Å². The van der Waals surface area contributed by atoms with Gasteiger partial charge in [-0.05, 0) is 43.4 Å². The molecule has 3 rings (SSSR count). The molecule has 2 aromatic rings. The van der Waals surface area contributed by atoms with Gasteiger partial charge in [-0.1, -0.05) is 19.9 Å². The second kappa shape index (κ2) is 9.72. The molecule has 0 spiro atoms. The van der Waals surface area contributed by atoms with Gasteiger partial charge in [-0.3, -0.25) is 14.4 Å². The molecular weight excluding hydrogens is 403 g/mol. The topological polar surface area (TPSA) is 120 Å². The van der Waals surface area contributed by atoms with E-state index in [0.29, 0.717) is 31.2 Å². The minimum atomic E-state index is -0.886. The van der Waals surface area contributed by atoms with E-state index in [0.717, 1.165) is 0 Å². The van der Waals surface area contributed by atoms with Crippen molar-refractivity contribution in [2.75, 3.05) is 6.54 Å². The number of rotatable bonds is 9. The third kappa shape index (κ3) is 5.48. The van der Waals surface area contributed by atoms with Crippen LogP contribution in [-0.4, -0.2) is 47.6 Å². The van der Waals surface area contributed by atoms with Crippen molar-refractivity contribution < 1.29 is 23.6 Å². The molecule has 1 aromatic heterocycles. The Morgan fingerprint density at radius 1 is 1.29 bits per heavy atom. The maximum atomic E-state index is 13.9. The number of hydrogen-bond acceptors (Lipinski definition) is 4. The van der Waals surface area contributed by atoms with Gasteiger partial charge in [0.25, 0.3) is 5.91 Å². The quantitative estimate of drug-likeness (QED) is 0.452. The molecule has 1 saturated heterocycles. The number of nitrogens with one attached hydrogen (secondary N) is 4. The number of H-pyrrole nitrogens is 1. The van der Waals surface area contributed by atoms with E-state index in [2.05, 4.69) is 20.9 Å². The van der Waals surface area contributed by atoms with E-state index in [1.807, 2.05) is 13.8 Å². The Balaban J connectivity index is 1.69. The highest BCUT2D eigenvalue weighted by Gasteiger charge is 2.30. The van der Waals surface area contributed by atoms with Crippen molar-refractivity contribution >= 4 is 34.9 Å². The molecule has 1 aromatic carbocycles. The van der Waals surface area contributed by atoms with Crippen molar-refractivity contribution in [2.24, 2.45) is 11.8 Å². The standard InChI is InChI=1S/C22H27FN4O4/c1-12(2)8-18(21(30)25-14(11-28)9-13-6-7-24-20(13)29)27-22(31)19-10-15-16(23)4-3-5-17(15)26-19/h3-5,10-14,18,26H,6-9H2,1-2H3,(H,24,29)(H,25,30)(H,27,31)/t13-,14-,18-/m0/s1. The summed E-state index contributed by atoms with van der Waals surface area (Å²) in [7, 11) is 0. The highest BCUT2D eigenvalue weighted by Crippen LogP contribution is 2.19. The van der Waals surface area contributed by atoms with Crippen LogP contribution in [0.1, 0.15) is 43.6 Å². The summed E-state index contributed by atoms with van der Waals surface area (Å²) in [6.45, 7) is 4.37. The number of benzene rings is 1. The van der Waals surface area contributed by atoms with Crippen LogP contribution in [0.3, 0.4) is 0 Å². The molecule has 4 N–H and O–H groups in total. The van der Waals surface area contributed by atoms with Gasteiger partial charge in [-0.15, -0.1) is 0 Å². The highest BCUT2D eigenvalue weighted by molar-refractivity contribution is 6.00. The first-order valence-corrected chi connectivity index (χ1v) is 10.4. The van der Waals surface area contributed by atoms with Crippen molar-refractivity contribution in [3.05, 3.63) is 35.8 Å². The Labute approximate surface area is 179 Å². The molecule has 0 radical (unpaired) electrons. The molecule has 2 heterocycles. The second-order valence-electron chi connectivity index (χ2n) is 8.30. The zero-order valence-corrected chi connectivity index (χ0v) is 17.5.